The monoisotopic (exact) mass is 638 g/mol. The van der Waals surface area contributed by atoms with Crippen molar-refractivity contribution in [2.75, 3.05) is 0 Å². The topological polar surface area (TPSA) is 18.5 Å². The van der Waals surface area contributed by atoms with Crippen molar-refractivity contribution in [2.24, 2.45) is 0 Å². The van der Waals surface area contributed by atoms with Gasteiger partial charge < -0.3 is 9.31 Å². The zero-order valence-electron chi connectivity index (χ0n) is 27.6. The van der Waals surface area contributed by atoms with Crippen molar-refractivity contribution in [3.63, 3.8) is 0 Å². The Bertz CT molecular complexity index is 2520. The van der Waals surface area contributed by atoms with Crippen LogP contribution >= 0.6 is 11.3 Å². The molecule has 0 spiro atoms. The molecule has 0 saturated carbocycles. The van der Waals surface area contributed by atoms with Crippen LogP contribution in [-0.4, -0.2) is 18.3 Å². The molecule has 0 unspecified atom stereocenters. The highest BCUT2D eigenvalue weighted by Gasteiger charge is 2.51. The molecule has 1 aliphatic heterocycles. The summed E-state index contributed by atoms with van der Waals surface area (Å²) < 4.78 is 15.5. The van der Waals surface area contributed by atoms with E-state index < -0.39 is 7.12 Å². The molecule has 1 aliphatic rings. The Labute approximate surface area is 285 Å². The molecule has 48 heavy (non-hydrogen) atoms. The van der Waals surface area contributed by atoms with Gasteiger partial charge in [0.1, 0.15) is 0 Å². The molecule has 1 fully saturated rings. The molecule has 0 N–H and O–H groups in total. The standard InChI is InChI=1S/C44H35BO2S/c1-43(2)44(3,4)47-45(46-43)34-14-9-13-29(24-34)30-19-20-31-23-33(36-17-10-12-28-11-5-6-15-35(28)36)27-39(38(31)25-30)32-21-22-42-40(26-32)37-16-7-8-18-41(37)48-42/h5-27H,1-4H3. The van der Waals surface area contributed by atoms with E-state index in [1.165, 1.54) is 69.5 Å². The van der Waals surface area contributed by atoms with Gasteiger partial charge in [0.2, 0.25) is 0 Å². The van der Waals surface area contributed by atoms with Crippen LogP contribution in [0.3, 0.4) is 0 Å². The van der Waals surface area contributed by atoms with E-state index in [9.17, 15) is 0 Å². The zero-order chi connectivity index (χ0) is 32.6. The predicted octanol–water partition coefficient (Wildman–Crippen LogP) is 11.7. The number of thiophene rings is 1. The maximum atomic E-state index is 6.41. The van der Waals surface area contributed by atoms with E-state index in [1.54, 1.807) is 0 Å². The predicted molar refractivity (Wildman–Crippen MR) is 206 cm³/mol. The highest BCUT2D eigenvalue weighted by atomic mass is 32.1. The molecule has 0 atom stereocenters. The van der Waals surface area contributed by atoms with Crippen LogP contribution in [0.4, 0.5) is 0 Å². The third-order valence-electron chi connectivity index (χ3n) is 10.5. The summed E-state index contributed by atoms with van der Waals surface area (Å²) in [5, 5.41) is 7.59. The van der Waals surface area contributed by atoms with Crippen LogP contribution in [0.15, 0.2) is 140 Å². The first-order valence-electron chi connectivity index (χ1n) is 16.7. The molecule has 1 saturated heterocycles. The van der Waals surface area contributed by atoms with Crippen LogP contribution in [0.25, 0.3) is 75.1 Å². The summed E-state index contributed by atoms with van der Waals surface area (Å²) in [6.45, 7) is 8.41. The lowest BCUT2D eigenvalue weighted by Gasteiger charge is -2.32. The minimum atomic E-state index is -0.401. The van der Waals surface area contributed by atoms with E-state index in [-0.39, 0.29) is 11.2 Å². The number of rotatable bonds is 4. The normalized spacial score (nSPS) is 15.6. The van der Waals surface area contributed by atoms with Gasteiger partial charge in [-0.05, 0) is 124 Å². The molecule has 0 radical (unpaired) electrons. The highest BCUT2D eigenvalue weighted by Crippen LogP contribution is 2.42. The molecule has 232 valence electrons. The van der Waals surface area contributed by atoms with Crippen LogP contribution in [0.1, 0.15) is 27.7 Å². The van der Waals surface area contributed by atoms with Crippen LogP contribution in [0.5, 0.6) is 0 Å². The molecule has 7 aromatic carbocycles. The summed E-state index contributed by atoms with van der Waals surface area (Å²) in [6.07, 6.45) is 0. The fourth-order valence-electron chi connectivity index (χ4n) is 7.15. The maximum Gasteiger partial charge on any atom is 0.494 e. The quantitative estimate of drug-likeness (QED) is 0.179. The Hall–Kier alpha value is -4.74. The van der Waals surface area contributed by atoms with Gasteiger partial charge in [-0.3, -0.25) is 0 Å². The molecule has 0 aliphatic carbocycles. The van der Waals surface area contributed by atoms with E-state index >= 15 is 0 Å². The van der Waals surface area contributed by atoms with Gasteiger partial charge in [0.05, 0.1) is 11.2 Å². The SMILES string of the molecule is CC1(C)OB(c2cccc(-c3ccc4cc(-c5cccc6ccccc56)cc(-c5ccc6sc7ccccc7c6c5)c4c3)c2)OC1(C)C. The van der Waals surface area contributed by atoms with Gasteiger partial charge in [-0.15, -0.1) is 11.3 Å². The lowest BCUT2D eigenvalue weighted by Crippen LogP contribution is -2.41. The molecule has 8 aromatic rings. The van der Waals surface area contributed by atoms with Gasteiger partial charge in [-0.2, -0.15) is 0 Å². The minimum absolute atomic E-state index is 0.387. The summed E-state index contributed by atoms with van der Waals surface area (Å²) in [5.74, 6) is 0. The number of hydrogen-bond acceptors (Lipinski definition) is 3. The van der Waals surface area contributed by atoms with E-state index in [2.05, 4.69) is 167 Å². The first kappa shape index (κ1) is 29.4. The second-order valence-corrected chi connectivity index (χ2v) is 15.1. The first-order chi connectivity index (χ1) is 23.2. The second-order valence-electron chi connectivity index (χ2n) is 14.0. The van der Waals surface area contributed by atoms with Crippen molar-refractivity contribution in [3.05, 3.63) is 140 Å². The molecule has 2 heterocycles. The maximum absolute atomic E-state index is 6.41. The van der Waals surface area contributed by atoms with Crippen LogP contribution in [-0.2, 0) is 9.31 Å². The molecule has 4 heteroatoms. The van der Waals surface area contributed by atoms with Gasteiger partial charge in [0, 0.05) is 20.2 Å². The Morgan fingerprint density at radius 2 is 1.10 bits per heavy atom. The van der Waals surface area contributed by atoms with Crippen LogP contribution in [0.2, 0.25) is 0 Å². The summed E-state index contributed by atoms with van der Waals surface area (Å²) in [5.41, 5.74) is 7.50. The number of fused-ring (bicyclic) bond motifs is 5. The Balaban J connectivity index is 1.23. The zero-order valence-corrected chi connectivity index (χ0v) is 28.4. The van der Waals surface area contributed by atoms with Crippen LogP contribution < -0.4 is 5.46 Å². The number of hydrogen-bond donors (Lipinski definition) is 0. The average Bonchev–Trinajstić information content (AvgIpc) is 3.59. The van der Waals surface area contributed by atoms with Crippen molar-refractivity contribution in [1.29, 1.82) is 0 Å². The van der Waals surface area contributed by atoms with Crippen molar-refractivity contribution in [1.82, 2.24) is 0 Å². The summed E-state index contributed by atoms with van der Waals surface area (Å²) >= 11 is 1.86. The van der Waals surface area contributed by atoms with E-state index in [0.717, 1.165) is 11.0 Å². The Kier molecular flexibility index (Phi) is 6.68. The molecular formula is C44H35BO2S. The second kappa shape index (κ2) is 10.9. The van der Waals surface area contributed by atoms with E-state index in [0.29, 0.717) is 0 Å². The van der Waals surface area contributed by atoms with E-state index in [4.69, 9.17) is 9.31 Å². The molecule has 2 nitrogen and oxygen atoms in total. The average molecular weight is 639 g/mol. The fraction of sp³-hybridized carbons (Fsp3) is 0.136. The molecule has 9 rings (SSSR count). The molecule has 0 bridgehead atoms. The largest absolute Gasteiger partial charge is 0.494 e. The lowest BCUT2D eigenvalue weighted by molar-refractivity contribution is 0.00578. The lowest BCUT2D eigenvalue weighted by atomic mass is 9.78. The Morgan fingerprint density at radius 1 is 0.438 bits per heavy atom. The smallest absolute Gasteiger partial charge is 0.399 e. The van der Waals surface area contributed by atoms with Gasteiger partial charge in [-0.1, -0.05) is 103 Å². The summed E-state index contributed by atoms with van der Waals surface area (Å²) in [6, 6.07) is 51.2. The van der Waals surface area contributed by atoms with Gasteiger partial charge >= 0.3 is 7.12 Å². The van der Waals surface area contributed by atoms with Gasteiger partial charge in [0.25, 0.3) is 0 Å². The van der Waals surface area contributed by atoms with Gasteiger partial charge in [0.15, 0.2) is 0 Å². The highest BCUT2D eigenvalue weighted by molar-refractivity contribution is 7.25. The van der Waals surface area contributed by atoms with Gasteiger partial charge in [-0.25, -0.2) is 0 Å². The van der Waals surface area contributed by atoms with Crippen molar-refractivity contribution >= 4 is 65.6 Å². The summed E-state index contributed by atoms with van der Waals surface area (Å²) in [4.78, 5) is 0. The molecular weight excluding hydrogens is 603 g/mol. The van der Waals surface area contributed by atoms with E-state index in [1.807, 2.05) is 11.3 Å². The van der Waals surface area contributed by atoms with Crippen molar-refractivity contribution in [3.8, 4) is 33.4 Å². The first-order valence-corrected chi connectivity index (χ1v) is 17.5. The summed E-state index contributed by atoms with van der Waals surface area (Å²) in [7, 11) is -0.401. The van der Waals surface area contributed by atoms with Crippen LogP contribution in [0, 0.1) is 0 Å². The number of benzene rings is 7. The molecule has 1 aromatic heterocycles. The van der Waals surface area contributed by atoms with Crippen molar-refractivity contribution in [2.45, 2.75) is 38.9 Å². The molecule has 0 amide bonds. The third kappa shape index (κ3) is 4.78. The minimum Gasteiger partial charge on any atom is -0.399 e. The Morgan fingerprint density at radius 3 is 1.96 bits per heavy atom. The third-order valence-corrected chi connectivity index (χ3v) is 11.6. The van der Waals surface area contributed by atoms with Crippen molar-refractivity contribution < 1.29 is 9.31 Å². The fourth-order valence-corrected chi connectivity index (χ4v) is 8.23.